The second-order valence-electron chi connectivity index (χ2n) is 9.78. The van der Waals surface area contributed by atoms with Crippen molar-refractivity contribution in [3.63, 3.8) is 0 Å². The highest BCUT2D eigenvalue weighted by atomic mass is 16.2. The molecule has 4 aromatic rings. The number of hydrogen-bond acceptors (Lipinski definition) is 6. The summed E-state index contributed by atoms with van der Waals surface area (Å²) in [6.07, 6.45) is 11.3. The highest BCUT2D eigenvalue weighted by Gasteiger charge is 2.44. The number of amides is 1. The minimum atomic E-state index is 0.166. The maximum Gasteiger partial charge on any atom is 0.219 e. The molecule has 0 N–H and O–H groups in total. The molecule has 0 bridgehead atoms. The lowest BCUT2D eigenvalue weighted by atomic mass is 9.86. The molecule has 0 aromatic carbocycles. The maximum absolute atomic E-state index is 11.8. The lowest BCUT2D eigenvalue weighted by Crippen LogP contribution is -2.33. The molecule has 2 fully saturated rings. The summed E-state index contributed by atoms with van der Waals surface area (Å²) >= 11 is 0. The third-order valence-electron chi connectivity index (χ3n) is 7.48. The fourth-order valence-corrected chi connectivity index (χ4v) is 5.55. The molecule has 1 spiro atoms. The summed E-state index contributed by atoms with van der Waals surface area (Å²) in [6, 6.07) is 8.46. The molecule has 176 valence electrons. The normalized spacial score (nSPS) is 19.7. The Balaban J connectivity index is 1.33. The zero-order valence-electron chi connectivity index (χ0n) is 19.8. The van der Waals surface area contributed by atoms with Gasteiger partial charge in [0, 0.05) is 86.4 Å². The van der Waals surface area contributed by atoms with Crippen molar-refractivity contribution in [2.75, 3.05) is 31.1 Å². The smallest absolute Gasteiger partial charge is 0.219 e. The van der Waals surface area contributed by atoms with Crippen LogP contribution >= 0.6 is 0 Å². The molecule has 2 saturated heterocycles. The molecule has 1 unspecified atom stereocenters. The summed E-state index contributed by atoms with van der Waals surface area (Å²) in [7, 11) is 1.89. The number of carbonyl (C=O) groups excluding carboxylic acids is 1. The van der Waals surface area contributed by atoms with Crippen LogP contribution in [-0.2, 0) is 11.8 Å². The van der Waals surface area contributed by atoms with Gasteiger partial charge in [0.05, 0.1) is 23.5 Å². The van der Waals surface area contributed by atoms with Gasteiger partial charge in [-0.25, -0.2) is 9.50 Å². The van der Waals surface area contributed by atoms with Gasteiger partial charge in [0.25, 0.3) is 0 Å². The number of nitriles is 1. The number of pyridine rings is 2. The van der Waals surface area contributed by atoms with Gasteiger partial charge in [0.1, 0.15) is 11.9 Å². The summed E-state index contributed by atoms with van der Waals surface area (Å²) < 4.78 is 3.53. The predicted molar refractivity (Wildman–Crippen MR) is 131 cm³/mol. The Bertz CT molecular complexity index is 1480. The summed E-state index contributed by atoms with van der Waals surface area (Å²) in [4.78, 5) is 20.9. The van der Waals surface area contributed by atoms with Crippen LogP contribution in [0.4, 0.5) is 5.82 Å². The van der Waals surface area contributed by atoms with Crippen LogP contribution in [0.5, 0.6) is 0 Å². The number of likely N-dealkylation sites (tertiary alicyclic amines) is 1. The van der Waals surface area contributed by atoms with Crippen LogP contribution < -0.4 is 4.90 Å². The molecule has 2 aliphatic rings. The van der Waals surface area contributed by atoms with Gasteiger partial charge in [-0.1, -0.05) is 0 Å². The van der Waals surface area contributed by atoms with E-state index in [1.165, 1.54) is 0 Å². The molecular formula is C26H26N8O. The Morgan fingerprint density at radius 1 is 1.03 bits per heavy atom. The molecule has 35 heavy (non-hydrogen) atoms. The van der Waals surface area contributed by atoms with E-state index >= 15 is 0 Å². The summed E-state index contributed by atoms with van der Waals surface area (Å²) in [6.45, 7) is 5.22. The molecule has 1 amide bonds. The number of carbonyl (C=O) groups is 1. The van der Waals surface area contributed by atoms with Crippen LogP contribution in [0.15, 0.2) is 49.2 Å². The van der Waals surface area contributed by atoms with E-state index < -0.39 is 0 Å². The van der Waals surface area contributed by atoms with Gasteiger partial charge in [-0.3, -0.25) is 9.48 Å². The molecule has 0 aliphatic carbocycles. The average molecular weight is 467 g/mol. The Labute approximate surface area is 203 Å². The molecular weight excluding hydrogens is 440 g/mol. The number of anilines is 1. The van der Waals surface area contributed by atoms with E-state index in [9.17, 15) is 10.1 Å². The predicted octanol–water partition coefficient (Wildman–Crippen LogP) is 3.12. The first-order valence-electron chi connectivity index (χ1n) is 11.8. The quantitative estimate of drug-likeness (QED) is 0.460. The van der Waals surface area contributed by atoms with Crippen LogP contribution in [0.2, 0.25) is 0 Å². The standard InChI is InChI=1S/C26H26N8O/c1-18(35)32-7-5-26(16-32)6-8-33(17-26)24-4-3-19(11-28-24)23-9-20(22-13-29-31(2)14-22)15-34-25(23)21(10-27)12-30-34/h3-4,9,11-15H,5-8,16-17H2,1-2H3. The Morgan fingerprint density at radius 2 is 1.89 bits per heavy atom. The third kappa shape index (κ3) is 3.62. The van der Waals surface area contributed by atoms with Crippen LogP contribution in [0.25, 0.3) is 27.8 Å². The Hall–Kier alpha value is -4.19. The minimum Gasteiger partial charge on any atom is -0.356 e. The summed E-state index contributed by atoms with van der Waals surface area (Å²) in [5.41, 5.74) is 5.26. The van der Waals surface area contributed by atoms with Crippen molar-refractivity contribution in [3.05, 3.63) is 54.7 Å². The van der Waals surface area contributed by atoms with Crippen LogP contribution in [0.1, 0.15) is 25.3 Å². The average Bonchev–Trinajstić information content (AvgIpc) is 3.66. The van der Waals surface area contributed by atoms with Crippen LogP contribution in [-0.4, -0.2) is 61.4 Å². The fourth-order valence-electron chi connectivity index (χ4n) is 5.55. The number of aryl methyl sites for hydroxylation is 1. The molecule has 4 aromatic heterocycles. The number of rotatable bonds is 3. The molecule has 9 nitrogen and oxygen atoms in total. The van der Waals surface area contributed by atoms with Crippen molar-refractivity contribution in [2.45, 2.75) is 19.8 Å². The van der Waals surface area contributed by atoms with E-state index in [1.54, 1.807) is 22.3 Å². The molecule has 0 saturated carbocycles. The summed E-state index contributed by atoms with van der Waals surface area (Å²) in [5, 5.41) is 18.4. The van der Waals surface area contributed by atoms with E-state index in [4.69, 9.17) is 4.98 Å². The van der Waals surface area contributed by atoms with E-state index in [2.05, 4.69) is 39.4 Å². The molecule has 6 rings (SSSR count). The SMILES string of the molecule is CC(=O)N1CCC2(CCN(c3ccc(-c4cc(-c5cnn(C)c5)cn5ncc(C#N)c45)cn3)C2)C1. The molecule has 6 heterocycles. The van der Waals surface area contributed by atoms with Crippen molar-refractivity contribution in [1.29, 1.82) is 5.26 Å². The van der Waals surface area contributed by atoms with Gasteiger partial charge in [-0.15, -0.1) is 0 Å². The zero-order chi connectivity index (χ0) is 24.2. The maximum atomic E-state index is 11.8. The van der Waals surface area contributed by atoms with E-state index in [0.717, 1.165) is 72.6 Å². The van der Waals surface area contributed by atoms with Gasteiger partial charge in [-0.05, 0) is 31.0 Å². The first-order chi connectivity index (χ1) is 16.9. The molecule has 1 atom stereocenters. The Kier molecular flexibility index (Phi) is 4.85. The number of nitrogens with zero attached hydrogens (tertiary/aromatic N) is 8. The second-order valence-corrected chi connectivity index (χ2v) is 9.78. The highest BCUT2D eigenvalue weighted by molar-refractivity contribution is 5.87. The highest BCUT2D eigenvalue weighted by Crippen LogP contribution is 2.41. The fraction of sp³-hybridized carbons (Fsp3) is 0.346. The lowest BCUT2D eigenvalue weighted by Gasteiger charge is -2.24. The van der Waals surface area contributed by atoms with Crippen LogP contribution in [0, 0.1) is 16.7 Å². The topological polar surface area (TPSA) is 95.4 Å². The van der Waals surface area contributed by atoms with Gasteiger partial charge >= 0.3 is 0 Å². The largest absolute Gasteiger partial charge is 0.356 e. The lowest BCUT2D eigenvalue weighted by molar-refractivity contribution is -0.128. The third-order valence-corrected chi connectivity index (χ3v) is 7.48. The van der Waals surface area contributed by atoms with E-state index in [-0.39, 0.29) is 11.3 Å². The molecule has 9 heteroatoms. The van der Waals surface area contributed by atoms with Crippen molar-refractivity contribution in [2.24, 2.45) is 12.5 Å². The Morgan fingerprint density at radius 3 is 2.57 bits per heavy atom. The van der Waals surface area contributed by atoms with Gasteiger partial charge in [0.2, 0.25) is 5.91 Å². The number of aromatic nitrogens is 5. The van der Waals surface area contributed by atoms with Crippen molar-refractivity contribution in [3.8, 4) is 28.3 Å². The van der Waals surface area contributed by atoms with E-state index in [1.807, 2.05) is 36.7 Å². The van der Waals surface area contributed by atoms with E-state index in [0.29, 0.717) is 5.56 Å². The van der Waals surface area contributed by atoms with Gasteiger partial charge in [0.15, 0.2) is 0 Å². The van der Waals surface area contributed by atoms with Crippen molar-refractivity contribution >= 4 is 17.2 Å². The molecule has 2 aliphatic heterocycles. The van der Waals surface area contributed by atoms with Gasteiger partial charge in [-0.2, -0.15) is 15.5 Å². The zero-order valence-corrected chi connectivity index (χ0v) is 19.8. The van der Waals surface area contributed by atoms with Crippen molar-refractivity contribution < 1.29 is 4.79 Å². The van der Waals surface area contributed by atoms with Gasteiger partial charge < -0.3 is 9.80 Å². The molecule has 0 radical (unpaired) electrons. The first-order valence-corrected chi connectivity index (χ1v) is 11.8. The van der Waals surface area contributed by atoms with Crippen LogP contribution in [0.3, 0.4) is 0 Å². The minimum absolute atomic E-state index is 0.166. The monoisotopic (exact) mass is 466 g/mol. The summed E-state index contributed by atoms with van der Waals surface area (Å²) in [5.74, 6) is 1.11. The van der Waals surface area contributed by atoms with Crippen molar-refractivity contribution in [1.82, 2.24) is 29.3 Å². The number of fused-ring (bicyclic) bond motifs is 1. The number of hydrogen-bond donors (Lipinski definition) is 0. The second kappa shape index (κ2) is 7.94. The first kappa shape index (κ1) is 21.4.